The van der Waals surface area contributed by atoms with E-state index in [0.717, 1.165) is 37.2 Å². The van der Waals surface area contributed by atoms with Crippen LogP contribution in [0.5, 0.6) is 0 Å². The molecule has 116 valence electrons. The minimum absolute atomic E-state index is 0.0488. The largest absolute Gasteiger partial charge is 0.378 e. The number of hydrogen-bond donors (Lipinski definition) is 2. The van der Waals surface area contributed by atoms with Gasteiger partial charge in [-0.25, -0.2) is 0 Å². The van der Waals surface area contributed by atoms with Crippen molar-refractivity contribution in [3.63, 3.8) is 0 Å². The van der Waals surface area contributed by atoms with E-state index in [2.05, 4.69) is 17.6 Å². The fourth-order valence-electron chi connectivity index (χ4n) is 2.67. The van der Waals surface area contributed by atoms with Gasteiger partial charge >= 0.3 is 0 Å². The first kappa shape index (κ1) is 16.3. The van der Waals surface area contributed by atoms with E-state index in [4.69, 9.17) is 16.3 Å². The fourth-order valence-corrected chi connectivity index (χ4v) is 2.84. The summed E-state index contributed by atoms with van der Waals surface area (Å²) in [6.07, 6.45) is 2.43. The summed E-state index contributed by atoms with van der Waals surface area (Å²) in [5.41, 5.74) is 1.77. The Morgan fingerprint density at radius 3 is 3.05 bits per heavy atom. The van der Waals surface area contributed by atoms with E-state index in [-0.39, 0.29) is 5.91 Å². The Bertz CT molecular complexity index is 493. The van der Waals surface area contributed by atoms with Gasteiger partial charge in [0.05, 0.1) is 12.6 Å². The van der Waals surface area contributed by atoms with Gasteiger partial charge in [0.1, 0.15) is 0 Å². The lowest BCUT2D eigenvalue weighted by molar-refractivity contribution is -0.115. The number of benzene rings is 1. The van der Waals surface area contributed by atoms with Crippen molar-refractivity contribution in [3.05, 3.63) is 28.8 Å². The number of carbonyl (C=O) groups excluding carboxylic acids is 1. The number of amides is 1. The molecule has 2 N–H and O–H groups in total. The highest BCUT2D eigenvalue weighted by Gasteiger charge is 2.26. The van der Waals surface area contributed by atoms with Crippen molar-refractivity contribution in [2.45, 2.75) is 32.8 Å². The summed E-state index contributed by atoms with van der Waals surface area (Å²) in [5.74, 6) is 0.461. The summed E-state index contributed by atoms with van der Waals surface area (Å²) in [7, 11) is 0. The van der Waals surface area contributed by atoms with Crippen LogP contribution in [0.3, 0.4) is 0 Å². The molecule has 1 aromatic carbocycles. The Morgan fingerprint density at radius 1 is 1.48 bits per heavy atom. The standard InChI is InChI=1S/C16H23ClN2O2/c1-3-15-12(6-7-21-15)9-18-10-16(20)19-14-8-13(17)5-4-11(14)2/h4-5,8,12,15,18H,3,6-7,9-10H2,1-2H3,(H,19,20). The Hall–Kier alpha value is -1.10. The molecule has 2 unspecified atom stereocenters. The van der Waals surface area contributed by atoms with Crippen molar-refractivity contribution in [1.29, 1.82) is 0 Å². The van der Waals surface area contributed by atoms with Crippen LogP contribution in [-0.4, -0.2) is 31.7 Å². The number of aryl methyl sites for hydroxylation is 1. The van der Waals surface area contributed by atoms with E-state index < -0.39 is 0 Å². The number of carbonyl (C=O) groups is 1. The molecule has 1 aromatic rings. The minimum atomic E-state index is -0.0488. The summed E-state index contributed by atoms with van der Waals surface area (Å²) in [6.45, 7) is 6.04. The second-order valence-electron chi connectivity index (χ2n) is 5.50. The normalized spacial score (nSPS) is 21.5. The van der Waals surface area contributed by atoms with Gasteiger partial charge in [0.15, 0.2) is 0 Å². The average Bonchev–Trinajstić information content (AvgIpc) is 2.90. The zero-order valence-electron chi connectivity index (χ0n) is 12.6. The van der Waals surface area contributed by atoms with Crippen LogP contribution in [0.15, 0.2) is 18.2 Å². The first-order valence-corrected chi connectivity index (χ1v) is 7.86. The summed E-state index contributed by atoms with van der Waals surface area (Å²) >= 11 is 5.94. The Labute approximate surface area is 131 Å². The summed E-state index contributed by atoms with van der Waals surface area (Å²) in [5, 5.41) is 6.73. The third kappa shape index (κ3) is 4.70. The molecule has 1 saturated heterocycles. The maximum Gasteiger partial charge on any atom is 0.238 e. The van der Waals surface area contributed by atoms with Crippen molar-refractivity contribution in [2.75, 3.05) is 25.0 Å². The molecule has 0 spiro atoms. The van der Waals surface area contributed by atoms with E-state index in [1.54, 1.807) is 6.07 Å². The third-order valence-electron chi connectivity index (χ3n) is 3.91. The first-order chi connectivity index (χ1) is 10.1. The van der Waals surface area contributed by atoms with Crippen LogP contribution in [0, 0.1) is 12.8 Å². The van der Waals surface area contributed by atoms with E-state index in [0.29, 0.717) is 23.6 Å². The molecule has 2 atom stereocenters. The fraction of sp³-hybridized carbons (Fsp3) is 0.562. The van der Waals surface area contributed by atoms with Crippen LogP contribution >= 0.6 is 11.6 Å². The molecule has 0 saturated carbocycles. The molecule has 0 aliphatic carbocycles. The van der Waals surface area contributed by atoms with Crippen molar-refractivity contribution in [1.82, 2.24) is 5.32 Å². The van der Waals surface area contributed by atoms with Crippen LogP contribution in [0.2, 0.25) is 5.02 Å². The lowest BCUT2D eigenvalue weighted by Crippen LogP contribution is -2.34. The van der Waals surface area contributed by atoms with Gasteiger partial charge in [-0.1, -0.05) is 24.6 Å². The molecule has 0 radical (unpaired) electrons. The molecule has 0 aromatic heterocycles. The van der Waals surface area contributed by atoms with Gasteiger partial charge < -0.3 is 15.4 Å². The van der Waals surface area contributed by atoms with E-state index in [1.165, 1.54) is 0 Å². The third-order valence-corrected chi connectivity index (χ3v) is 4.15. The smallest absolute Gasteiger partial charge is 0.238 e. The van der Waals surface area contributed by atoms with Gasteiger partial charge in [-0.3, -0.25) is 4.79 Å². The highest BCUT2D eigenvalue weighted by molar-refractivity contribution is 6.31. The molecule has 4 nitrogen and oxygen atoms in total. The molecule has 1 heterocycles. The molecule has 0 bridgehead atoms. The Balaban J connectivity index is 1.76. The van der Waals surface area contributed by atoms with Gasteiger partial charge in [-0.2, -0.15) is 0 Å². The van der Waals surface area contributed by atoms with Crippen molar-refractivity contribution in [2.24, 2.45) is 5.92 Å². The zero-order chi connectivity index (χ0) is 15.2. The molecule has 5 heteroatoms. The lowest BCUT2D eigenvalue weighted by Gasteiger charge is -2.17. The second kappa shape index (κ2) is 7.78. The second-order valence-corrected chi connectivity index (χ2v) is 5.94. The Morgan fingerprint density at radius 2 is 2.29 bits per heavy atom. The molecule has 2 rings (SSSR count). The maximum atomic E-state index is 12.0. The topological polar surface area (TPSA) is 50.4 Å². The van der Waals surface area contributed by atoms with Gasteiger partial charge in [0.2, 0.25) is 5.91 Å². The number of anilines is 1. The van der Waals surface area contributed by atoms with Gasteiger partial charge in [0.25, 0.3) is 0 Å². The average molecular weight is 311 g/mol. The predicted molar refractivity (Wildman–Crippen MR) is 85.8 cm³/mol. The predicted octanol–water partition coefficient (Wildman–Crippen LogP) is 2.99. The SMILES string of the molecule is CCC1OCCC1CNCC(=O)Nc1cc(Cl)ccc1C. The molecule has 1 fully saturated rings. The van der Waals surface area contributed by atoms with Crippen molar-refractivity contribution < 1.29 is 9.53 Å². The molecular formula is C16H23ClN2O2. The molecular weight excluding hydrogens is 288 g/mol. The van der Waals surface area contributed by atoms with Gasteiger partial charge in [-0.15, -0.1) is 0 Å². The van der Waals surface area contributed by atoms with Crippen LogP contribution in [0.25, 0.3) is 0 Å². The van der Waals surface area contributed by atoms with Crippen molar-refractivity contribution in [3.8, 4) is 0 Å². The number of hydrogen-bond acceptors (Lipinski definition) is 3. The molecule has 21 heavy (non-hydrogen) atoms. The Kier molecular flexibility index (Phi) is 6.03. The summed E-state index contributed by atoms with van der Waals surface area (Å²) in [6, 6.07) is 5.48. The summed E-state index contributed by atoms with van der Waals surface area (Å²) in [4.78, 5) is 12.0. The zero-order valence-corrected chi connectivity index (χ0v) is 13.4. The molecule has 1 aliphatic heterocycles. The van der Waals surface area contributed by atoms with Crippen LogP contribution < -0.4 is 10.6 Å². The molecule has 1 aliphatic rings. The highest BCUT2D eigenvalue weighted by Crippen LogP contribution is 2.22. The summed E-state index contributed by atoms with van der Waals surface area (Å²) < 4.78 is 5.64. The van der Waals surface area contributed by atoms with Gasteiger partial charge in [-0.05, 0) is 43.4 Å². The highest BCUT2D eigenvalue weighted by atomic mass is 35.5. The lowest BCUT2D eigenvalue weighted by atomic mass is 10.00. The number of nitrogens with one attached hydrogen (secondary N) is 2. The van der Waals surface area contributed by atoms with Crippen LogP contribution in [0.4, 0.5) is 5.69 Å². The van der Waals surface area contributed by atoms with Crippen molar-refractivity contribution >= 4 is 23.2 Å². The first-order valence-electron chi connectivity index (χ1n) is 7.48. The van der Waals surface area contributed by atoms with E-state index in [9.17, 15) is 4.79 Å². The minimum Gasteiger partial charge on any atom is -0.378 e. The van der Waals surface area contributed by atoms with Crippen LogP contribution in [0.1, 0.15) is 25.3 Å². The number of ether oxygens (including phenoxy) is 1. The molecule has 1 amide bonds. The van der Waals surface area contributed by atoms with E-state index >= 15 is 0 Å². The van der Waals surface area contributed by atoms with E-state index in [1.807, 2.05) is 19.1 Å². The quantitative estimate of drug-likeness (QED) is 0.849. The number of rotatable bonds is 6. The van der Waals surface area contributed by atoms with Gasteiger partial charge in [0, 0.05) is 23.9 Å². The monoisotopic (exact) mass is 310 g/mol. The maximum absolute atomic E-state index is 12.0. The van der Waals surface area contributed by atoms with Crippen LogP contribution in [-0.2, 0) is 9.53 Å². The number of halogens is 1.